The van der Waals surface area contributed by atoms with Gasteiger partial charge in [0.05, 0.1) is 24.8 Å². The lowest BCUT2D eigenvalue weighted by molar-refractivity contribution is -0.140. The molecular formula is C36H40FN3O6S. The molecule has 0 bridgehead atoms. The Bertz CT molecular complexity index is 1780. The third-order valence-corrected chi connectivity index (χ3v) is 9.31. The van der Waals surface area contributed by atoms with Crippen LogP contribution in [0.2, 0.25) is 0 Å². The molecule has 0 spiro atoms. The highest BCUT2D eigenvalue weighted by atomic mass is 32.2. The normalized spacial score (nSPS) is 11.9. The van der Waals surface area contributed by atoms with Gasteiger partial charge in [-0.05, 0) is 56.7 Å². The number of amides is 2. The number of methoxy groups -OCH3 is 2. The topological polar surface area (TPSA) is 105 Å². The lowest BCUT2D eigenvalue weighted by Gasteiger charge is -2.34. The van der Waals surface area contributed by atoms with E-state index >= 15 is 4.39 Å². The van der Waals surface area contributed by atoms with Crippen LogP contribution in [0.25, 0.3) is 0 Å². The zero-order chi connectivity index (χ0) is 34.1. The number of carbonyl (C=O) groups is 2. The Morgan fingerprint density at radius 1 is 0.851 bits per heavy atom. The zero-order valence-corrected chi connectivity index (χ0v) is 28.0. The summed E-state index contributed by atoms with van der Waals surface area (Å²) >= 11 is 0. The van der Waals surface area contributed by atoms with Crippen molar-refractivity contribution < 1.29 is 31.9 Å². The first kappa shape index (κ1) is 35.0. The fourth-order valence-corrected chi connectivity index (χ4v) is 6.52. The predicted octanol–water partition coefficient (Wildman–Crippen LogP) is 5.51. The molecular weight excluding hydrogens is 621 g/mol. The Kier molecular flexibility index (Phi) is 11.6. The van der Waals surface area contributed by atoms with Gasteiger partial charge in [0.25, 0.3) is 10.0 Å². The molecule has 1 N–H and O–H groups in total. The van der Waals surface area contributed by atoms with Crippen molar-refractivity contribution in [2.45, 2.75) is 50.7 Å². The highest BCUT2D eigenvalue weighted by Gasteiger charge is 2.35. The number of rotatable bonds is 14. The van der Waals surface area contributed by atoms with E-state index in [0.717, 1.165) is 15.4 Å². The van der Waals surface area contributed by atoms with Gasteiger partial charge in [-0.25, -0.2) is 12.8 Å². The maximum atomic E-state index is 15.1. The number of hydrogen-bond acceptors (Lipinski definition) is 6. The molecule has 0 fully saturated rings. The van der Waals surface area contributed by atoms with E-state index in [0.29, 0.717) is 5.75 Å². The number of hydrogen-bond donors (Lipinski definition) is 1. The van der Waals surface area contributed by atoms with Crippen molar-refractivity contribution >= 4 is 27.5 Å². The molecule has 0 unspecified atom stereocenters. The maximum Gasteiger partial charge on any atom is 0.264 e. The van der Waals surface area contributed by atoms with Gasteiger partial charge in [-0.3, -0.25) is 13.9 Å². The summed E-state index contributed by atoms with van der Waals surface area (Å²) in [5, 5.41) is 2.89. The van der Waals surface area contributed by atoms with Crippen LogP contribution in [0.4, 0.5) is 10.1 Å². The Morgan fingerprint density at radius 3 is 2.11 bits per heavy atom. The van der Waals surface area contributed by atoms with Crippen LogP contribution in [0.5, 0.6) is 11.5 Å². The van der Waals surface area contributed by atoms with E-state index in [2.05, 4.69) is 5.32 Å². The predicted molar refractivity (Wildman–Crippen MR) is 179 cm³/mol. The van der Waals surface area contributed by atoms with Crippen LogP contribution in [0.15, 0.2) is 102 Å². The Balaban J connectivity index is 1.83. The molecule has 4 aromatic carbocycles. The van der Waals surface area contributed by atoms with Crippen molar-refractivity contribution in [3.63, 3.8) is 0 Å². The average Bonchev–Trinajstić information content (AvgIpc) is 3.06. The van der Waals surface area contributed by atoms with Crippen molar-refractivity contribution in [3.05, 3.63) is 120 Å². The van der Waals surface area contributed by atoms with Crippen LogP contribution in [0.1, 0.15) is 30.5 Å². The first-order chi connectivity index (χ1) is 22.4. The molecule has 0 saturated carbocycles. The highest BCUT2D eigenvalue weighted by molar-refractivity contribution is 7.92. The molecule has 0 aliphatic rings. The van der Waals surface area contributed by atoms with E-state index in [1.54, 1.807) is 44.2 Å². The van der Waals surface area contributed by atoms with Crippen LogP contribution in [0.3, 0.4) is 0 Å². The highest BCUT2D eigenvalue weighted by Crippen LogP contribution is 2.32. The Labute approximate surface area is 276 Å². The number of carbonyl (C=O) groups excluding carboxylic acids is 2. The lowest BCUT2D eigenvalue weighted by atomic mass is 10.0. The molecule has 11 heteroatoms. The van der Waals surface area contributed by atoms with Gasteiger partial charge in [0.15, 0.2) is 11.5 Å². The summed E-state index contributed by atoms with van der Waals surface area (Å²) in [6.45, 7) is 4.52. The summed E-state index contributed by atoms with van der Waals surface area (Å²) in [4.78, 5) is 29.4. The third-order valence-electron chi connectivity index (χ3n) is 7.54. The van der Waals surface area contributed by atoms with E-state index in [9.17, 15) is 18.0 Å². The Hall–Kier alpha value is -4.90. The second-order valence-electron chi connectivity index (χ2n) is 11.3. The van der Waals surface area contributed by atoms with Gasteiger partial charge < -0.3 is 19.7 Å². The van der Waals surface area contributed by atoms with Crippen molar-refractivity contribution in [1.82, 2.24) is 10.2 Å². The minimum absolute atomic E-state index is 0.118. The van der Waals surface area contributed by atoms with Crippen LogP contribution < -0.4 is 19.1 Å². The molecule has 4 rings (SSSR count). The summed E-state index contributed by atoms with van der Waals surface area (Å²) in [5.41, 5.74) is 2.07. The first-order valence-corrected chi connectivity index (χ1v) is 16.6. The van der Waals surface area contributed by atoms with Gasteiger partial charge in [-0.2, -0.15) is 0 Å². The maximum absolute atomic E-state index is 15.1. The number of halogens is 1. The van der Waals surface area contributed by atoms with Crippen molar-refractivity contribution in [3.8, 4) is 11.5 Å². The molecule has 248 valence electrons. The number of anilines is 1. The summed E-state index contributed by atoms with van der Waals surface area (Å²) in [7, 11) is -1.55. The smallest absolute Gasteiger partial charge is 0.264 e. The van der Waals surface area contributed by atoms with E-state index in [-0.39, 0.29) is 40.9 Å². The lowest BCUT2D eigenvalue weighted by Crippen LogP contribution is -2.54. The number of nitrogens with zero attached hydrogens (tertiary/aromatic N) is 2. The average molecular weight is 662 g/mol. The molecule has 9 nitrogen and oxygen atoms in total. The monoisotopic (exact) mass is 661 g/mol. The summed E-state index contributed by atoms with van der Waals surface area (Å²) in [6, 6.07) is 24.7. The quantitative estimate of drug-likeness (QED) is 0.191. The van der Waals surface area contributed by atoms with Gasteiger partial charge in [0, 0.05) is 30.6 Å². The van der Waals surface area contributed by atoms with Crippen LogP contribution >= 0.6 is 0 Å². The zero-order valence-electron chi connectivity index (χ0n) is 27.1. The molecule has 0 aliphatic heterocycles. The van der Waals surface area contributed by atoms with Crippen LogP contribution in [-0.4, -0.2) is 58.0 Å². The van der Waals surface area contributed by atoms with Gasteiger partial charge in [-0.15, -0.1) is 0 Å². The molecule has 0 saturated heterocycles. The van der Waals surface area contributed by atoms with E-state index in [4.69, 9.17) is 9.47 Å². The molecule has 47 heavy (non-hydrogen) atoms. The molecule has 0 aromatic heterocycles. The van der Waals surface area contributed by atoms with E-state index in [1.165, 1.54) is 55.5 Å². The largest absolute Gasteiger partial charge is 0.493 e. The van der Waals surface area contributed by atoms with Crippen LogP contribution in [0, 0.1) is 12.7 Å². The second kappa shape index (κ2) is 15.6. The fraction of sp³-hybridized carbons (Fsp3) is 0.278. The molecule has 0 aliphatic carbocycles. The van der Waals surface area contributed by atoms with E-state index in [1.807, 2.05) is 37.3 Å². The van der Waals surface area contributed by atoms with Crippen LogP contribution in [-0.2, 0) is 32.6 Å². The Morgan fingerprint density at radius 2 is 1.49 bits per heavy atom. The molecule has 0 radical (unpaired) electrons. The van der Waals surface area contributed by atoms with Gasteiger partial charge >= 0.3 is 0 Å². The SMILES string of the molecule is COc1ccc(S(=O)(=O)N(CC(=O)N(Cc2ccccc2F)[C@H](Cc2ccccc2)C(=O)NC(C)C)c2ccc(C)cc2)cc1OC. The summed E-state index contributed by atoms with van der Waals surface area (Å²) < 4.78 is 55.3. The van der Waals surface area contributed by atoms with Crippen molar-refractivity contribution in [2.75, 3.05) is 25.1 Å². The van der Waals surface area contributed by atoms with Crippen molar-refractivity contribution in [2.24, 2.45) is 0 Å². The number of aryl methyl sites for hydroxylation is 1. The van der Waals surface area contributed by atoms with Gasteiger partial charge in [-0.1, -0.05) is 66.2 Å². The second-order valence-corrected chi connectivity index (χ2v) is 13.2. The minimum Gasteiger partial charge on any atom is -0.493 e. The van der Waals surface area contributed by atoms with Gasteiger partial charge in [0.2, 0.25) is 11.8 Å². The molecule has 4 aromatic rings. The third kappa shape index (κ3) is 8.68. The molecule has 2 amide bonds. The number of ether oxygens (including phenoxy) is 2. The number of sulfonamides is 1. The number of benzene rings is 4. The summed E-state index contributed by atoms with van der Waals surface area (Å²) in [5.74, 6) is -1.17. The van der Waals surface area contributed by atoms with Crippen molar-refractivity contribution in [1.29, 1.82) is 0 Å². The molecule has 0 heterocycles. The van der Waals surface area contributed by atoms with Gasteiger partial charge in [0.1, 0.15) is 18.4 Å². The van der Waals surface area contributed by atoms with E-state index < -0.39 is 40.2 Å². The molecule has 1 atom stereocenters. The standard InChI is InChI=1S/C36H40FN3O6S/c1-25(2)38-36(42)32(21-27-11-7-6-8-12-27)39(23-28-13-9-10-14-31(28)37)35(41)24-40(29-17-15-26(3)16-18-29)47(43,44)30-19-20-33(45-4)34(22-30)46-5/h6-20,22,25,32H,21,23-24H2,1-5H3,(H,38,42)/t32-/m1/s1. The number of nitrogens with one attached hydrogen (secondary N) is 1. The first-order valence-electron chi connectivity index (χ1n) is 15.1. The minimum atomic E-state index is -4.38. The summed E-state index contributed by atoms with van der Waals surface area (Å²) in [6.07, 6.45) is 0.118. The fourth-order valence-electron chi connectivity index (χ4n) is 5.09.